The van der Waals surface area contributed by atoms with Gasteiger partial charge in [-0.05, 0) is 18.2 Å². The van der Waals surface area contributed by atoms with Crippen molar-refractivity contribution in [1.82, 2.24) is 0 Å². The van der Waals surface area contributed by atoms with Crippen molar-refractivity contribution in [3.8, 4) is 0 Å². The van der Waals surface area contributed by atoms with E-state index in [-0.39, 0.29) is 6.61 Å². The average Bonchev–Trinajstić information content (AvgIpc) is 2.54. The first-order valence-electron chi connectivity index (χ1n) is 4.64. The maximum Gasteiger partial charge on any atom is 0.339 e. The van der Waals surface area contributed by atoms with Gasteiger partial charge in [-0.3, -0.25) is 0 Å². The Kier molecular flexibility index (Phi) is 2.49. The molecule has 1 aliphatic rings. The first-order chi connectivity index (χ1) is 7.61. The summed E-state index contributed by atoms with van der Waals surface area (Å²) >= 11 is 0. The molecular formula is C10H10N2O4. The summed E-state index contributed by atoms with van der Waals surface area (Å²) in [6.45, 7) is -0.293. The average molecular weight is 222 g/mol. The first kappa shape index (κ1) is 10.4. The molecule has 4 N–H and O–H groups in total. The Labute approximate surface area is 91.0 Å². The van der Waals surface area contributed by atoms with Gasteiger partial charge in [-0.2, -0.15) is 0 Å². The summed E-state index contributed by atoms with van der Waals surface area (Å²) in [6, 6.07) is 3.94. The maximum absolute atomic E-state index is 11.3. The number of amides is 2. The van der Waals surface area contributed by atoms with E-state index in [2.05, 4.69) is 5.32 Å². The van der Waals surface area contributed by atoms with Gasteiger partial charge >= 0.3 is 12.0 Å². The fraction of sp³-hybridized carbons (Fsp3) is 0.200. The topological polar surface area (TPSA) is 102 Å². The number of rotatable bonds is 2. The molecule has 6 nitrogen and oxygen atoms in total. The van der Waals surface area contributed by atoms with Gasteiger partial charge in [0.05, 0.1) is 12.2 Å². The number of benzene rings is 1. The summed E-state index contributed by atoms with van der Waals surface area (Å²) in [7, 11) is 0. The Morgan fingerprint density at radius 1 is 1.56 bits per heavy atom. The number of esters is 1. The number of fused-ring (bicyclic) bond motifs is 1. The minimum Gasteiger partial charge on any atom is -0.451 e. The van der Waals surface area contributed by atoms with E-state index in [1.807, 2.05) is 0 Å². The van der Waals surface area contributed by atoms with E-state index < -0.39 is 18.1 Å². The zero-order valence-corrected chi connectivity index (χ0v) is 8.27. The van der Waals surface area contributed by atoms with Gasteiger partial charge in [0.25, 0.3) is 0 Å². The highest BCUT2D eigenvalue weighted by Gasteiger charge is 2.30. The van der Waals surface area contributed by atoms with Crippen molar-refractivity contribution in [2.75, 3.05) is 11.9 Å². The van der Waals surface area contributed by atoms with Gasteiger partial charge in [-0.25, -0.2) is 9.59 Å². The number of aliphatic hydroxyl groups excluding tert-OH is 1. The Balaban J connectivity index is 2.37. The Morgan fingerprint density at radius 3 is 2.94 bits per heavy atom. The van der Waals surface area contributed by atoms with Gasteiger partial charge in [0, 0.05) is 11.3 Å². The van der Waals surface area contributed by atoms with Crippen LogP contribution in [0.3, 0.4) is 0 Å². The fourth-order valence-electron chi connectivity index (χ4n) is 1.63. The molecule has 6 heteroatoms. The number of anilines is 1. The van der Waals surface area contributed by atoms with Crippen molar-refractivity contribution in [2.45, 2.75) is 6.10 Å². The number of carbonyl (C=O) groups excluding carboxylic acids is 2. The lowest BCUT2D eigenvalue weighted by Crippen LogP contribution is -2.19. The number of urea groups is 1. The van der Waals surface area contributed by atoms with Crippen LogP contribution in [0.15, 0.2) is 18.2 Å². The summed E-state index contributed by atoms with van der Waals surface area (Å²) in [5.41, 5.74) is 6.38. The Hall–Kier alpha value is -2.08. The normalized spacial score (nSPS) is 17.8. The molecule has 0 bridgehead atoms. The first-order valence-corrected chi connectivity index (χ1v) is 4.64. The zero-order chi connectivity index (χ0) is 11.7. The van der Waals surface area contributed by atoms with Crippen molar-refractivity contribution < 1.29 is 19.4 Å². The highest BCUT2D eigenvalue weighted by atomic mass is 16.6. The lowest BCUT2D eigenvalue weighted by molar-refractivity contribution is 0.0235. The van der Waals surface area contributed by atoms with Gasteiger partial charge < -0.3 is 20.9 Å². The summed E-state index contributed by atoms with van der Waals surface area (Å²) in [5.74, 6) is -0.473. The van der Waals surface area contributed by atoms with Crippen LogP contribution in [-0.4, -0.2) is 23.7 Å². The second-order valence-electron chi connectivity index (χ2n) is 3.37. The number of ether oxygens (including phenoxy) is 1. The molecule has 84 valence electrons. The molecule has 0 saturated heterocycles. The second-order valence-corrected chi connectivity index (χ2v) is 3.37. The monoisotopic (exact) mass is 222 g/mol. The molecule has 0 spiro atoms. The highest BCUT2D eigenvalue weighted by molar-refractivity contribution is 5.95. The molecule has 2 amide bonds. The van der Waals surface area contributed by atoms with E-state index in [0.29, 0.717) is 16.8 Å². The maximum atomic E-state index is 11.3. The summed E-state index contributed by atoms with van der Waals surface area (Å²) in [5, 5.41) is 11.4. The fourth-order valence-corrected chi connectivity index (χ4v) is 1.63. The van der Waals surface area contributed by atoms with Crippen LogP contribution in [0.4, 0.5) is 10.5 Å². The number of nitrogens with one attached hydrogen (secondary N) is 1. The summed E-state index contributed by atoms with van der Waals surface area (Å²) < 4.78 is 4.91. The van der Waals surface area contributed by atoms with Gasteiger partial charge in [0.2, 0.25) is 0 Å². The van der Waals surface area contributed by atoms with Crippen molar-refractivity contribution in [2.24, 2.45) is 5.73 Å². The minimum atomic E-state index is -0.689. The number of carbonyl (C=O) groups is 2. The molecule has 0 saturated carbocycles. The predicted molar refractivity (Wildman–Crippen MR) is 54.9 cm³/mol. The minimum absolute atomic E-state index is 0.293. The molecule has 1 atom stereocenters. The molecule has 16 heavy (non-hydrogen) atoms. The molecular weight excluding hydrogens is 212 g/mol. The molecule has 1 unspecified atom stereocenters. The highest BCUT2D eigenvalue weighted by Crippen LogP contribution is 2.32. The van der Waals surface area contributed by atoms with Crippen molar-refractivity contribution >= 4 is 17.7 Å². The SMILES string of the molecule is NC(=O)Nc1ccc2c(c1)C(CO)OC2=O. The quantitative estimate of drug-likeness (QED) is 0.629. The number of nitrogens with two attached hydrogens (primary N) is 1. The molecule has 0 fully saturated rings. The summed E-state index contributed by atoms with van der Waals surface area (Å²) in [4.78, 5) is 22.0. The van der Waals surface area contributed by atoms with E-state index in [1.54, 1.807) is 12.1 Å². The van der Waals surface area contributed by atoms with E-state index in [1.165, 1.54) is 6.07 Å². The molecule has 2 rings (SSSR count). The predicted octanol–water partition coefficient (Wildman–Crippen LogP) is 0.381. The van der Waals surface area contributed by atoms with Crippen molar-refractivity contribution in [3.63, 3.8) is 0 Å². The van der Waals surface area contributed by atoms with E-state index in [4.69, 9.17) is 15.6 Å². The third-order valence-corrected chi connectivity index (χ3v) is 2.30. The van der Waals surface area contributed by atoms with E-state index >= 15 is 0 Å². The van der Waals surface area contributed by atoms with Gasteiger partial charge in [-0.1, -0.05) is 0 Å². The van der Waals surface area contributed by atoms with Crippen LogP contribution in [0.25, 0.3) is 0 Å². The van der Waals surface area contributed by atoms with Crippen molar-refractivity contribution in [1.29, 1.82) is 0 Å². The van der Waals surface area contributed by atoms with Crippen LogP contribution in [0.5, 0.6) is 0 Å². The Bertz CT molecular complexity index is 458. The third-order valence-electron chi connectivity index (χ3n) is 2.30. The largest absolute Gasteiger partial charge is 0.451 e. The molecule has 0 aromatic heterocycles. The smallest absolute Gasteiger partial charge is 0.339 e. The van der Waals surface area contributed by atoms with Crippen molar-refractivity contribution in [3.05, 3.63) is 29.3 Å². The zero-order valence-electron chi connectivity index (χ0n) is 8.27. The third kappa shape index (κ3) is 1.70. The second kappa shape index (κ2) is 3.82. The molecule has 1 aromatic carbocycles. The molecule has 1 aromatic rings. The number of hydrogen-bond acceptors (Lipinski definition) is 4. The number of cyclic esters (lactones) is 1. The number of primary amides is 1. The molecule has 0 radical (unpaired) electrons. The van der Waals surface area contributed by atoms with Crippen LogP contribution >= 0.6 is 0 Å². The van der Waals surface area contributed by atoms with Crippen LogP contribution in [0.1, 0.15) is 22.0 Å². The van der Waals surface area contributed by atoms with Crippen LogP contribution in [0.2, 0.25) is 0 Å². The number of aliphatic hydroxyl groups is 1. The van der Waals surface area contributed by atoms with Gasteiger partial charge in [-0.15, -0.1) is 0 Å². The molecule has 0 aliphatic carbocycles. The summed E-state index contributed by atoms with van der Waals surface area (Å²) in [6.07, 6.45) is -0.669. The van der Waals surface area contributed by atoms with E-state index in [9.17, 15) is 9.59 Å². The molecule has 1 aliphatic heterocycles. The van der Waals surface area contributed by atoms with E-state index in [0.717, 1.165) is 0 Å². The lowest BCUT2D eigenvalue weighted by Gasteiger charge is -2.07. The van der Waals surface area contributed by atoms with Crippen LogP contribution < -0.4 is 11.1 Å². The molecule has 1 heterocycles. The van der Waals surface area contributed by atoms with Crippen LogP contribution in [0, 0.1) is 0 Å². The Morgan fingerprint density at radius 2 is 2.31 bits per heavy atom. The van der Waals surface area contributed by atoms with Gasteiger partial charge in [0.1, 0.15) is 0 Å². The van der Waals surface area contributed by atoms with Gasteiger partial charge in [0.15, 0.2) is 6.10 Å². The van der Waals surface area contributed by atoms with Crippen LogP contribution in [-0.2, 0) is 4.74 Å². The lowest BCUT2D eigenvalue weighted by atomic mass is 10.0. The number of hydrogen-bond donors (Lipinski definition) is 3. The standard InChI is InChI=1S/C10H10N2O4/c11-10(15)12-5-1-2-6-7(3-5)8(4-13)16-9(6)14/h1-3,8,13H,4H2,(H3,11,12,15).